The molecule has 0 bridgehead atoms. The van der Waals surface area contributed by atoms with E-state index in [4.69, 9.17) is 10.5 Å². The Balaban J connectivity index is 1.66. The molecule has 0 amide bonds. The van der Waals surface area contributed by atoms with Crippen LogP contribution in [0.15, 0.2) is 5.38 Å². The van der Waals surface area contributed by atoms with Crippen molar-refractivity contribution in [3.05, 3.63) is 11.1 Å². The second-order valence-electron chi connectivity index (χ2n) is 4.53. The van der Waals surface area contributed by atoms with E-state index in [1.54, 1.807) is 11.3 Å². The van der Waals surface area contributed by atoms with Gasteiger partial charge in [-0.1, -0.05) is 6.92 Å². The number of fused-ring (bicyclic) bond motifs is 1. The molecule has 1 aromatic heterocycles. The molecule has 0 radical (unpaired) electrons. The number of thiazole rings is 1. The first-order valence-electron chi connectivity index (χ1n) is 5.87. The van der Waals surface area contributed by atoms with Gasteiger partial charge in [-0.05, 0) is 12.8 Å². The second-order valence-corrected chi connectivity index (χ2v) is 5.39. The van der Waals surface area contributed by atoms with Gasteiger partial charge in [0.1, 0.15) is 0 Å². The SMILES string of the molecule is CCc1csc(NC2C(N)C3CCOC32)n1. The molecule has 3 N–H and O–H groups in total. The molecule has 1 saturated carbocycles. The molecule has 1 aliphatic carbocycles. The van der Waals surface area contributed by atoms with Crippen LogP contribution in [0.2, 0.25) is 0 Å². The van der Waals surface area contributed by atoms with Gasteiger partial charge in [0.2, 0.25) is 0 Å². The number of hydrogen-bond donors (Lipinski definition) is 2. The Labute approximate surface area is 99.2 Å². The molecule has 1 saturated heterocycles. The third-order valence-electron chi connectivity index (χ3n) is 3.65. The summed E-state index contributed by atoms with van der Waals surface area (Å²) < 4.78 is 5.67. The monoisotopic (exact) mass is 239 g/mol. The van der Waals surface area contributed by atoms with Gasteiger partial charge in [0, 0.05) is 23.9 Å². The Morgan fingerprint density at radius 3 is 3.31 bits per heavy atom. The molecule has 1 aliphatic heterocycles. The van der Waals surface area contributed by atoms with Crippen LogP contribution in [0.5, 0.6) is 0 Å². The highest BCUT2D eigenvalue weighted by Crippen LogP contribution is 2.39. The van der Waals surface area contributed by atoms with E-state index in [0.717, 1.165) is 30.3 Å². The smallest absolute Gasteiger partial charge is 0.183 e. The second kappa shape index (κ2) is 3.98. The number of nitrogens with one attached hydrogen (secondary N) is 1. The maximum Gasteiger partial charge on any atom is 0.183 e. The van der Waals surface area contributed by atoms with Crippen molar-refractivity contribution in [3.63, 3.8) is 0 Å². The lowest BCUT2D eigenvalue weighted by atomic mass is 9.72. The minimum Gasteiger partial charge on any atom is -0.376 e. The van der Waals surface area contributed by atoms with Gasteiger partial charge < -0.3 is 15.8 Å². The van der Waals surface area contributed by atoms with E-state index in [2.05, 4.69) is 22.6 Å². The van der Waals surface area contributed by atoms with Crippen LogP contribution in [0.1, 0.15) is 19.0 Å². The number of hydrogen-bond acceptors (Lipinski definition) is 5. The van der Waals surface area contributed by atoms with Crippen LogP contribution in [-0.2, 0) is 11.2 Å². The Bertz CT molecular complexity index is 381. The average molecular weight is 239 g/mol. The molecule has 16 heavy (non-hydrogen) atoms. The van der Waals surface area contributed by atoms with Gasteiger partial charge in [-0.25, -0.2) is 4.98 Å². The number of anilines is 1. The number of aromatic nitrogens is 1. The molecule has 2 aliphatic rings. The zero-order valence-electron chi connectivity index (χ0n) is 9.35. The molecule has 0 spiro atoms. The van der Waals surface area contributed by atoms with Crippen LogP contribution in [0.4, 0.5) is 5.13 Å². The number of aryl methyl sites for hydroxylation is 1. The van der Waals surface area contributed by atoms with Crippen molar-refractivity contribution in [3.8, 4) is 0 Å². The molecule has 4 unspecified atom stereocenters. The Morgan fingerprint density at radius 2 is 2.56 bits per heavy atom. The molecular formula is C11H17N3OS. The molecule has 2 fully saturated rings. The predicted molar refractivity (Wildman–Crippen MR) is 64.7 cm³/mol. The lowest BCUT2D eigenvalue weighted by Crippen LogP contribution is -2.65. The van der Waals surface area contributed by atoms with Gasteiger partial charge in [0.15, 0.2) is 5.13 Å². The largest absolute Gasteiger partial charge is 0.376 e. The van der Waals surface area contributed by atoms with Crippen molar-refractivity contribution in [2.45, 2.75) is 38.0 Å². The summed E-state index contributed by atoms with van der Waals surface area (Å²) in [6, 6.07) is 0.477. The summed E-state index contributed by atoms with van der Waals surface area (Å²) in [5.41, 5.74) is 7.27. The van der Waals surface area contributed by atoms with Crippen LogP contribution >= 0.6 is 11.3 Å². The highest BCUT2D eigenvalue weighted by atomic mass is 32.1. The Hall–Kier alpha value is -0.650. The summed E-state index contributed by atoms with van der Waals surface area (Å²) in [5.74, 6) is 0.558. The zero-order valence-corrected chi connectivity index (χ0v) is 10.2. The molecule has 2 heterocycles. The Kier molecular flexibility index (Phi) is 2.61. The third-order valence-corrected chi connectivity index (χ3v) is 4.47. The zero-order chi connectivity index (χ0) is 11.1. The van der Waals surface area contributed by atoms with E-state index in [1.807, 2.05) is 0 Å². The fraction of sp³-hybridized carbons (Fsp3) is 0.727. The summed E-state index contributed by atoms with van der Waals surface area (Å²) in [6.07, 6.45) is 2.41. The maximum absolute atomic E-state index is 6.13. The molecule has 4 atom stereocenters. The fourth-order valence-corrected chi connectivity index (χ4v) is 3.45. The third kappa shape index (κ3) is 1.54. The summed E-state index contributed by atoms with van der Waals surface area (Å²) in [5, 5.41) is 6.49. The van der Waals surface area contributed by atoms with Crippen LogP contribution < -0.4 is 11.1 Å². The summed E-state index contributed by atoms with van der Waals surface area (Å²) in [7, 11) is 0. The summed E-state index contributed by atoms with van der Waals surface area (Å²) >= 11 is 1.65. The number of rotatable bonds is 3. The van der Waals surface area contributed by atoms with E-state index in [1.165, 1.54) is 0 Å². The average Bonchev–Trinajstić information content (AvgIpc) is 2.92. The van der Waals surface area contributed by atoms with Crippen molar-refractivity contribution in [1.82, 2.24) is 4.98 Å². The van der Waals surface area contributed by atoms with Crippen molar-refractivity contribution in [2.24, 2.45) is 11.7 Å². The molecule has 1 aromatic rings. The first kappa shape index (κ1) is 10.5. The molecule has 0 aromatic carbocycles. The molecule has 88 valence electrons. The van der Waals surface area contributed by atoms with E-state index in [-0.39, 0.29) is 12.1 Å². The van der Waals surface area contributed by atoms with Gasteiger partial charge in [-0.15, -0.1) is 11.3 Å². The normalized spacial score (nSPS) is 36.9. The van der Waals surface area contributed by atoms with Gasteiger partial charge >= 0.3 is 0 Å². The van der Waals surface area contributed by atoms with Crippen molar-refractivity contribution in [1.29, 1.82) is 0 Å². The van der Waals surface area contributed by atoms with Gasteiger partial charge in [-0.3, -0.25) is 0 Å². The van der Waals surface area contributed by atoms with Crippen LogP contribution in [0.25, 0.3) is 0 Å². The highest BCUT2D eigenvalue weighted by Gasteiger charge is 2.52. The minimum atomic E-state index is 0.224. The van der Waals surface area contributed by atoms with E-state index < -0.39 is 0 Å². The first-order valence-corrected chi connectivity index (χ1v) is 6.75. The quantitative estimate of drug-likeness (QED) is 0.833. The summed E-state index contributed by atoms with van der Waals surface area (Å²) in [4.78, 5) is 4.50. The lowest BCUT2D eigenvalue weighted by molar-refractivity contribution is 0.00537. The number of nitrogens with zero attached hydrogens (tertiary/aromatic N) is 1. The number of nitrogens with two attached hydrogens (primary N) is 1. The van der Waals surface area contributed by atoms with Gasteiger partial charge in [0.05, 0.1) is 17.8 Å². The van der Waals surface area contributed by atoms with E-state index in [9.17, 15) is 0 Å². The van der Waals surface area contributed by atoms with Crippen molar-refractivity contribution in [2.75, 3.05) is 11.9 Å². The van der Waals surface area contributed by atoms with Crippen LogP contribution in [0, 0.1) is 5.92 Å². The first-order chi connectivity index (χ1) is 7.79. The molecule has 3 rings (SSSR count). The van der Waals surface area contributed by atoms with Crippen LogP contribution in [-0.4, -0.2) is 29.8 Å². The maximum atomic E-state index is 6.13. The highest BCUT2D eigenvalue weighted by molar-refractivity contribution is 7.13. The van der Waals surface area contributed by atoms with Crippen molar-refractivity contribution < 1.29 is 4.74 Å². The molecule has 5 heteroatoms. The minimum absolute atomic E-state index is 0.224. The predicted octanol–water partition coefficient (Wildman–Crippen LogP) is 1.23. The van der Waals surface area contributed by atoms with Crippen LogP contribution in [0.3, 0.4) is 0 Å². The van der Waals surface area contributed by atoms with Gasteiger partial charge in [0.25, 0.3) is 0 Å². The fourth-order valence-electron chi connectivity index (χ4n) is 2.61. The topological polar surface area (TPSA) is 60.2 Å². The standard InChI is InChI=1S/C11H17N3OS/c1-2-6-5-16-11(13-6)14-9-8(12)7-3-4-15-10(7)9/h5,7-10H,2-4,12H2,1H3,(H,13,14). The van der Waals surface area contributed by atoms with Gasteiger partial charge in [-0.2, -0.15) is 0 Å². The number of ether oxygens (including phenoxy) is 1. The lowest BCUT2D eigenvalue weighted by Gasteiger charge is -2.45. The molecular weight excluding hydrogens is 222 g/mol. The van der Waals surface area contributed by atoms with Crippen molar-refractivity contribution >= 4 is 16.5 Å². The summed E-state index contributed by atoms with van der Waals surface area (Å²) in [6.45, 7) is 2.98. The molecule has 4 nitrogen and oxygen atoms in total. The van der Waals surface area contributed by atoms with E-state index in [0.29, 0.717) is 12.0 Å². The Morgan fingerprint density at radius 1 is 1.69 bits per heavy atom. The van der Waals surface area contributed by atoms with E-state index >= 15 is 0 Å².